The van der Waals surface area contributed by atoms with Crippen LogP contribution in [0, 0.1) is 0 Å². The summed E-state index contributed by atoms with van der Waals surface area (Å²) in [4.78, 5) is 10.4. The fraction of sp³-hybridized carbons (Fsp3) is 0.182. The molecule has 0 amide bonds. The van der Waals surface area contributed by atoms with Crippen molar-refractivity contribution in [3.8, 4) is 5.75 Å². The molecule has 74 valence electrons. The predicted molar refractivity (Wildman–Crippen MR) is 57.1 cm³/mol. The Kier molecular flexibility index (Phi) is 3.72. The van der Waals surface area contributed by atoms with Crippen LogP contribution in [-0.4, -0.2) is 12.9 Å². The summed E-state index contributed by atoms with van der Waals surface area (Å²) in [5.41, 5.74) is 1.46. The van der Waals surface area contributed by atoms with Gasteiger partial charge in [0.15, 0.2) is 0 Å². The van der Waals surface area contributed by atoms with E-state index in [4.69, 9.17) is 16.3 Å². The average molecular weight is 211 g/mol. The molecule has 0 N–H and O–H groups in total. The van der Waals surface area contributed by atoms with E-state index in [2.05, 4.69) is 6.58 Å². The zero-order valence-corrected chi connectivity index (χ0v) is 8.67. The van der Waals surface area contributed by atoms with Crippen molar-refractivity contribution in [3.63, 3.8) is 0 Å². The molecule has 0 aliphatic heterocycles. The SMILES string of the molecule is C=C(C)COc1ccc(C=O)cc1Cl. The van der Waals surface area contributed by atoms with Gasteiger partial charge >= 0.3 is 0 Å². The molecule has 0 radical (unpaired) electrons. The normalized spacial score (nSPS) is 9.57. The van der Waals surface area contributed by atoms with Crippen molar-refractivity contribution in [1.82, 2.24) is 0 Å². The van der Waals surface area contributed by atoms with E-state index in [1.165, 1.54) is 0 Å². The van der Waals surface area contributed by atoms with Crippen LogP contribution < -0.4 is 4.74 Å². The molecule has 0 spiro atoms. The molecule has 0 aliphatic carbocycles. The zero-order valence-electron chi connectivity index (χ0n) is 7.92. The van der Waals surface area contributed by atoms with Crippen LogP contribution in [0.1, 0.15) is 17.3 Å². The van der Waals surface area contributed by atoms with Gasteiger partial charge in [0.1, 0.15) is 18.6 Å². The van der Waals surface area contributed by atoms with Crippen molar-refractivity contribution in [3.05, 3.63) is 40.9 Å². The van der Waals surface area contributed by atoms with Crippen LogP contribution in [0.3, 0.4) is 0 Å². The van der Waals surface area contributed by atoms with E-state index in [0.29, 0.717) is 22.9 Å². The molecule has 3 heteroatoms. The van der Waals surface area contributed by atoms with E-state index >= 15 is 0 Å². The highest BCUT2D eigenvalue weighted by atomic mass is 35.5. The third kappa shape index (κ3) is 2.89. The minimum atomic E-state index is 0.431. The molecule has 0 unspecified atom stereocenters. The maximum absolute atomic E-state index is 10.4. The highest BCUT2D eigenvalue weighted by molar-refractivity contribution is 6.32. The first-order valence-corrected chi connectivity index (χ1v) is 4.53. The number of ether oxygens (including phenoxy) is 1. The fourth-order valence-electron chi connectivity index (χ4n) is 0.908. The summed E-state index contributed by atoms with van der Waals surface area (Å²) in [5, 5.41) is 0.441. The molecule has 0 bridgehead atoms. The van der Waals surface area contributed by atoms with Crippen molar-refractivity contribution in [2.24, 2.45) is 0 Å². The van der Waals surface area contributed by atoms with E-state index in [-0.39, 0.29) is 0 Å². The molecule has 0 fully saturated rings. The second kappa shape index (κ2) is 4.82. The fourth-order valence-corrected chi connectivity index (χ4v) is 1.15. The quantitative estimate of drug-likeness (QED) is 0.564. The van der Waals surface area contributed by atoms with E-state index < -0.39 is 0 Å². The first kappa shape index (κ1) is 10.8. The van der Waals surface area contributed by atoms with Crippen LogP contribution in [-0.2, 0) is 0 Å². The van der Waals surface area contributed by atoms with Gasteiger partial charge in [0.2, 0.25) is 0 Å². The van der Waals surface area contributed by atoms with Gasteiger partial charge in [0, 0.05) is 5.56 Å². The summed E-state index contributed by atoms with van der Waals surface area (Å²) in [5.74, 6) is 0.570. The van der Waals surface area contributed by atoms with Crippen molar-refractivity contribution in [2.75, 3.05) is 6.61 Å². The molecule has 2 nitrogen and oxygen atoms in total. The highest BCUT2D eigenvalue weighted by Crippen LogP contribution is 2.25. The van der Waals surface area contributed by atoms with Gasteiger partial charge in [-0.05, 0) is 30.7 Å². The molecular formula is C11H11ClO2. The largest absolute Gasteiger partial charge is 0.488 e. The number of hydrogen-bond acceptors (Lipinski definition) is 2. The lowest BCUT2D eigenvalue weighted by molar-refractivity contribution is 0.112. The molecule has 1 rings (SSSR count). The Bertz CT molecular complexity index is 358. The molecule has 0 saturated carbocycles. The highest BCUT2D eigenvalue weighted by Gasteiger charge is 2.02. The zero-order chi connectivity index (χ0) is 10.6. The van der Waals surface area contributed by atoms with Crippen molar-refractivity contribution >= 4 is 17.9 Å². The van der Waals surface area contributed by atoms with E-state index in [9.17, 15) is 4.79 Å². The standard InChI is InChI=1S/C11H11ClO2/c1-8(2)7-14-11-4-3-9(6-13)5-10(11)12/h3-6H,1,7H2,2H3. The summed E-state index contributed by atoms with van der Waals surface area (Å²) in [6.45, 7) is 6.01. The predicted octanol–water partition coefficient (Wildman–Crippen LogP) is 3.11. The number of carbonyl (C=O) groups excluding carboxylic acids is 1. The maximum Gasteiger partial charge on any atom is 0.150 e. The molecule has 0 aliphatic rings. The van der Waals surface area contributed by atoms with Crippen LogP contribution in [0.2, 0.25) is 5.02 Å². The van der Waals surface area contributed by atoms with Gasteiger partial charge in [-0.3, -0.25) is 4.79 Å². The molecule has 1 aromatic rings. The van der Waals surface area contributed by atoms with Gasteiger partial charge in [-0.1, -0.05) is 18.2 Å². The lowest BCUT2D eigenvalue weighted by Gasteiger charge is -2.07. The molecule has 0 heterocycles. The first-order valence-electron chi connectivity index (χ1n) is 4.15. The van der Waals surface area contributed by atoms with Crippen LogP contribution in [0.25, 0.3) is 0 Å². The van der Waals surface area contributed by atoms with E-state index in [1.807, 2.05) is 6.92 Å². The molecule has 0 aromatic heterocycles. The lowest BCUT2D eigenvalue weighted by atomic mass is 10.2. The van der Waals surface area contributed by atoms with Crippen LogP contribution in [0.5, 0.6) is 5.75 Å². The summed E-state index contributed by atoms with van der Waals surface area (Å²) in [7, 11) is 0. The number of benzene rings is 1. The Morgan fingerprint density at radius 2 is 2.36 bits per heavy atom. The molecular weight excluding hydrogens is 200 g/mol. The van der Waals surface area contributed by atoms with Crippen molar-refractivity contribution in [1.29, 1.82) is 0 Å². The third-order valence-electron chi connectivity index (χ3n) is 1.57. The number of carbonyl (C=O) groups is 1. The second-order valence-corrected chi connectivity index (χ2v) is 3.46. The van der Waals surface area contributed by atoms with Gasteiger partial charge < -0.3 is 4.74 Å². The average Bonchev–Trinajstić information content (AvgIpc) is 2.15. The Morgan fingerprint density at radius 3 is 2.86 bits per heavy atom. The Labute approximate surface area is 88.1 Å². The number of aldehydes is 1. The summed E-state index contributed by atoms with van der Waals surface area (Å²) >= 11 is 5.88. The van der Waals surface area contributed by atoms with Gasteiger partial charge in [-0.15, -0.1) is 0 Å². The van der Waals surface area contributed by atoms with Crippen LogP contribution in [0.15, 0.2) is 30.4 Å². The summed E-state index contributed by atoms with van der Waals surface area (Å²) in [6, 6.07) is 4.91. The first-order chi connectivity index (χ1) is 6.63. The van der Waals surface area contributed by atoms with Crippen molar-refractivity contribution in [2.45, 2.75) is 6.92 Å². The Hall–Kier alpha value is -1.28. The van der Waals surface area contributed by atoms with Crippen LogP contribution >= 0.6 is 11.6 Å². The Morgan fingerprint density at radius 1 is 1.64 bits per heavy atom. The van der Waals surface area contributed by atoms with Gasteiger partial charge in [-0.25, -0.2) is 0 Å². The van der Waals surface area contributed by atoms with Crippen molar-refractivity contribution < 1.29 is 9.53 Å². The van der Waals surface area contributed by atoms with E-state index in [0.717, 1.165) is 11.9 Å². The molecule has 0 saturated heterocycles. The van der Waals surface area contributed by atoms with Gasteiger partial charge in [0.25, 0.3) is 0 Å². The smallest absolute Gasteiger partial charge is 0.150 e. The van der Waals surface area contributed by atoms with Gasteiger partial charge in [-0.2, -0.15) is 0 Å². The summed E-state index contributed by atoms with van der Waals surface area (Å²) in [6.07, 6.45) is 0.744. The number of hydrogen-bond donors (Lipinski definition) is 0. The molecule has 0 atom stereocenters. The summed E-state index contributed by atoms with van der Waals surface area (Å²) < 4.78 is 5.35. The third-order valence-corrected chi connectivity index (χ3v) is 1.86. The molecule has 1 aromatic carbocycles. The lowest BCUT2D eigenvalue weighted by Crippen LogP contribution is -1.98. The van der Waals surface area contributed by atoms with Gasteiger partial charge in [0.05, 0.1) is 5.02 Å². The minimum Gasteiger partial charge on any atom is -0.488 e. The monoisotopic (exact) mass is 210 g/mol. The Balaban J connectivity index is 2.78. The second-order valence-electron chi connectivity index (χ2n) is 3.05. The number of rotatable bonds is 4. The topological polar surface area (TPSA) is 26.3 Å². The van der Waals surface area contributed by atoms with E-state index in [1.54, 1.807) is 18.2 Å². The molecule has 14 heavy (non-hydrogen) atoms. The minimum absolute atomic E-state index is 0.431. The maximum atomic E-state index is 10.4. The van der Waals surface area contributed by atoms with Crippen LogP contribution in [0.4, 0.5) is 0 Å². The number of halogens is 1.